The van der Waals surface area contributed by atoms with Crippen LogP contribution in [0, 0.1) is 0 Å². The summed E-state index contributed by atoms with van der Waals surface area (Å²) in [5.41, 5.74) is 6.55. The Morgan fingerprint density at radius 2 is 2.05 bits per heavy atom. The molecule has 7 heteroatoms. The van der Waals surface area contributed by atoms with Crippen LogP contribution in [-0.4, -0.2) is 53.2 Å². The van der Waals surface area contributed by atoms with Gasteiger partial charge in [-0.3, -0.25) is 4.90 Å². The molecule has 1 fully saturated rings. The molecule has 3 rings (SSSR count). The lowest BCUT2D eigenvalue weighted by atomic mass is 10.2. The fraction of sp³-hybridized carbons (Fsp3) is 0.467. The van der Waals surface area contributed by atoms with Gasteiger partial charge in [0.2, 0.25) is 5.95 Å². The normalized spacial score (nSPS) is 16.4. The summed E-state index contributed by atoms with van der Waals surface area (Å²) in [7, 11) is 0. The van der Waals surface area contributed by atoms with E-state index in [4.69, 9.17) is 10.5 Å². The largest absolute Gasteiger partial charge is 0.410 e. The minimum absolute atomic E-state index is 0.383. The third-order valence-corrected chi connectivity index (χ3v) is 4.02. The second-order valence-electron chi connectivity index (χ2n) is 5.75. The Labute approximate surface area is 129 Å². The number of aromatic amines is 1. The van der Waals surface area contributed by atoms with Crippen molar-refractivity contribution < 1.29 is 9.53 Å². The average Bonchev–Trinajstić information content (AvgIpc) is 2.92. The molecule has 0 bridgehead atoms. The number of imidazole rings is 1. The maximum Gasteiger partial charge on any atom is 0.410 e. The number of nitrogens with zero attached hydrogens (tertiary/aromatic N) is 3. The molecular weight excluding hydrogens is 282 g/mol. The molecule has 2 heterocycles. The average molecular weight is 303 g/mol. The number of fused-ring (bicyclic) bond motifs is 1. The fourth-order valence-electron chi connectivity index (χ4n) is 2.78. The zero-order chi connectivity index (χ0) is 15.7. The first kappa shape index (κ1) is 14.6. The number of nitrogens with two attached hydrogens (primary N) is 1. The fourth-order valence-corrected chi connectivity index (χ4v) is 2.78. The molecule has 0 unspecified atom stereocenters. The molecule has 1 amide bonds. The van der Waals surface area contributed by atoms with E-state index in [1.54, 1.807) is 12.1 Å². The number of piperazine rings is 1. The number of carbonyl (C=O) groups is 1. The highest BCUT2D eigenvalue weighted by molar-refractivity contribution is 5.86. The first-order chi connectivity index (χ1) is 10.5. The molecule has 7 nitrogen and oxygen atoms in total. The van der Waals surface area contributed by atoms with Crippen LogP contribution in [-0.2, 0) is 0 Å². The van der Waals surface area contributed by atoms with Crippen molar-refractivity contribution in [3.8, 4) is 5.75 Å². The quantitative estimate of drug-likeness (QED) is 0.898. The maximum absolute atomic E-state index is 11.0. The Balaban J connectivity index is 1.82. The number of hydrogen-bond acceptors (Lipinski definition) is 5. The zero-order valence-corrected chi connectivity index (χ0v) is 12.9. The number of para-hydroxylation sites is 1. The van der Waals surface area contributed by atoms with Gasteiger partial charge in [-0.15, -0.1) is 0 Å². The Morgan fingerprint density at radius 3 is 2.68 bits per heavy atom. The first-order valence-electron chi connectivity index (χ1n) is 7.49. The van der Waals surface area contributed by atoms with Gasteiger partial charge in [0.25, 0.3) is 0 Å². The van der Waals surface area contributed by atoms with E-state index in [0.717, 1.165) is 37.6 Å². The SMILES string of the molecule is CC(C)N1CCN(c2nc3c(OC(N)=O)cccc3[nH]2)CC1. The lowest BCUT2D eigenvalue weighted by Gasteiger charge is -2.36. The molecule has 0 spiro atoms. The molecule has 22 heavy (non-hydrogen) atoms. The van der Waals surface area contributed by atoms with E-state index in [-0.39, 0.29) is 0 Å². The number of rotatable bonds is 3. The number of benzene rings is 1. The molecule has 1 saturated heterocycles. The molecule has 0 atom stereocenters. The van der Waals surface area contributed by atoms with E-state index in [0.29, 0.717) is 17.3 Å². The molecule has 1 aliphatic rings. The third kappa shape index (κ3) is 2.85. The Hall–Kier alpha value is -2.28. The van der Waals surface area contributed by atoms with E-state index in [9.17, 15) is 4.79 Å². The van der Waals surface area contributed by atoms with E-state index < -0.39 is 6.09 Å². The van der Waals surface area contributed by atoms with Crippen LogP contribution < -0.4 is 15.4 Å². The van der Waals surface area contributed by atoms with E-state index in [1.807, 2.05) is 6.07 Å². The van der Waals surface area contributed by atoms with E-state index in [2.05, 4.69) is 33.6 Å². The summed E-state index contributed by atoms with van der Waals surface area (Å²) < 4.78 is 5.01. The third-order valence-electron chi connectivity index (χ3n) is 4.02. The summed E-state index contributed by atoms with van der Waals surface area (Å²) in [5, 5.41) is 0. The highest BCUT2D eigenvalue weighted by Gasteiger charge is 2.21. The number of primary amides is 1. The first-order valence-corrected chi connectivity index (χ1v) is 7.49. The van der Waals surface area contributed by atoms with Crippen molar-refractivity contribution >= 4 is 23.1 Å². The monoisotopic (exact) mass is 303 g/mol. The molecule has 0 radical (unpaired) electrons. The minimum Gasteiger partial charge on any atom is -0.408 e. The van der Waals surface area contributed by atoms with Gasteiger partial charge in [-0.2, -0.15) is 0 Å². The number of anilines is 1. The van der Waals surface area contributed by atoms with Crippen LogP contribution in [0.2, 0.25) is 0 Å². The maximum atomic E-state index is 11.0. The lowest BCUT2D eigenvalue weighted by molar-refractivity contribution is 0.208. The number of ether oxygens (including phenoxy) is 1. The standard InChI is InChI=1S/C15H21N5O2/c1-10(2)19-6-8-20(9-7-19)15-17-11-4-3-5-12(13(11)18-15)22-14(16)21/h3-5,10H,6-9H2,1-2H3,(H2,16,21)(H,17,18). The highest BCUT2D eigenvalue weighted by atomic mass is 16.5. The molecule has 1 aromatic carbocycles. The van der Waals surface area contributed by atoms with E-state index >= 15 is 0 Å². The Kier molecular flexibility index (Phi) is 3.89. The summed E-state index contributed by atoms with van der Waals surface area (Å²) >= 11 is 0. The van der Waals surface area contributed by atoms with Crippen LogP contribution in [0.5, 0.6) is 5.75 Å². The van der Waals surface area contributed by atoms with Gasteiger partial charge >= 0.3 is 6.09 Å². The summed E-state index contributed by atoms with van der Waals surface area (Å²) in [5.74, 6) is 1.19. The number of aromatic nitrogens is 2. The van der Waals surface area contributed by atoms with Crippen LogP contribution in [0.25, 0.3) is 11.0 Å². The van der Waals surface area contributed by atoms with Crippen molar-refractivity contribution in [2.24, 2.45) is 5.73 Å². The number of H-pyrrole nitrogens is 1. The van der Waals surface area contributed by atoms with Gasteiger partial charge in [-0.05, 0) is 26.0 Å². The summed E-state index contributed by atoms with van der Waals surface area (Å²) in [6.45, 7) is 8.29. The molecule has 0 aliphatic carbocycles. The molecule has 2 aromatic rings. The van der Waals surface area contributed by atoms with Crippen LogP contribution >= 0.6 is 0 Å². The molecule has 1 aliphatic heterocycles. The van der Waals surface area contributed by atoms with Gasteiger partial charge in [-0.1, -0.05) is 6.07 Å². The molecule has 1 aromatic heterocycles. The highest BCUT2D eigenvalue weighted by Crippen LogP contribution is 2.26. The number of amides is 1. The van der Waals surface area contributed by atoms with Gasteiger partial charge in [-0.25, -0.2) is 9.78 Å². The molecular formula is C15H21N5O2. The Bertz CT molecular complexity index is 674. The van der Waals surface area contributed by atoms with Crippen LogP contribution in [0.3, 0.4) is 0 Å². The second kappa shape index (κ2) is 5.84. The van der Waals surface area contributed by atoms with Crippen molar-refractivity contribution in [3.05, 3.63) is 18.2 Å². The smallest absolute Gasteiger partial charge is 0.408 e. The predicted octanol–water partition coefficient (Wildman–Crippen LogP) is 1.55. The summed E-state index contributed by atoms with van der Waals surface area (Å²) in [6.07, 6.45) is -0.831. The zero-order valence-electron chi connectivity index (χ0n) is 12.9. The van der Waals surface area contributed by atoms with Crippen molar-refractivity contribution in [1.82, 2.24) is 14.9 Å². The number of hydrogen-bond donors (Lipinski definition) is 2. The van der Waals surface area contributed by atoms with Crippen LogP contribution in [0.15, 0.2) is 18.2 Å². The Morgan fingerprint density at radius 1 is 1.32 bits per heavy atom. The van der Waals surface area contributed by atoms with Crippen molar-refractivity contribution in [2.45, 2.75) is 19.9 Å². The number of carbonyl (C=O) groups excluding carboxylic acids is 1. The lowest BCUT2D eigenvalue weighted by Crippen LogP contribution is -2.49. The van der Waals surface area contributed by atoms with Crippen LogP contribution in [0.4, 0.5) is 10.7 Å². The molecule has 118 valence electrons. The van der Waals surface area contributed by atoms with Crippen molar-refractivity contribution in [1.29, 1.82) is 0 Å². The van der Waals surface area contributed by atoms with Crippen LogP contribution in [0.1, 0.15) is 13.8 Å². The van der Waals surface area contributed by atoms with E-state index in [1.165, 1.54) is 0 Å². The van der Waals surface area contributed by atoms with Crippen molar-refractivity contribution in [2.75, 3.05) is 31.1 Å². The van der Waals surface area contributed by atoms with Gasteiger partial charge < -0.3 is 20.4 Å². The van der Waals surface area contributed by atoms with Gasteiger partial charge in [0.1, 0.15) is 5.52 Å². The minimum atomic E-state index is -0.831. The van der Waals surface area contributed by atoms with Gasteiger partial charge in [0.15, 0.2) is 5.75 Å². The summed E-state index contributed by atoms with van der Waals surface area (Å²) in [6, 6.07) is 5.96. The molecule has 0 saturated carbocycles. The van der Waals surface area contributed by atoms with Crippen molar-refractivity contribution in [3.63, 3.8) is 0 Å². The van der Waals surface area contributed by atoms with Gasteiger partial charge in [0, 0.05) is 32.2 Å². The predicted molar refractivity (Wildman–Crippen MR) is 85.2 cm³/mol. The number of nitrogens with one attached hydrogen (secondary N) is 1. The van der Waals surface area contributed by atoms with Gasteiger partial charge in [0.05, 0.1) is 5.52 Å². The topological polar surface area (TPSA) is 87.5 Å². The second-order valence-corrected chi connectivity index (χ2v) is 5.75. The molecule has 3 N–H and O–H groups in total. The summed E-state index contributed by atoms with van der Waals surface area (Å²) in [4.78, 5) is 23.5.